The molecule has 4 aromatic carbocycles. The summed E-state index contributed by atoms with van der Waals surface area (Å²) in [5.41, 5.74) is 2.49. The van der Waals surface area contributed by atoms with E-state index in [0.717, 1.165) is 15.4 Å². The van der Waals surface area contributed by atoms with E-state index < -0.39 is 0 Å². The Balaban J connectivity index is 1.25. The highest BCUT2D eigenvalue weighted by Gasteiger charge is 2.18. The molecule has 11 heteroatoms. The number of para-hydroxylation sites is 1. The van der Waals surface area contributed by atoms with Gasteiger partial charge in [0.05, 0.1) is 28.2 Å². The molecule has 0 bridgehead atoms. The minimum atomic E-state index is -0.323. The zero-order chi connectivity index (χ0) is 30.2. The average molecular weight is 717 g/mol. The van der Waals surface area contributed by atoms with Crippen LogP contribution < -0.4 is 24.5 Å². The molecule has 0 radical (unpaired) electrons. The maximum absolute atomic E-state index is 13.7. The molecule has 0 saturated heterocycles. The summed E-state index contributed by atoms with van der Waals surface area (Å²) < 4.78 is 31.9. The van der Waals surface area contributed by atoms with Crippen molar-refractivity contribution in [2.45, 2.75) is 13.5 Å². The van der Waals surface area contributed by atoms with Crippen LogP contribution in [0.5, 0.6) is 23.0 Å². The van der Waals surface area contributed by atoms with Crippen molar-refractivity contribution in [1.82, 2.24) is 9.66 Å². The number of furan rings is 1. The van der Waals surface area contributed by atoms with Crippen LogP contribution in [0.4, 0.5) is 0 Å². The number of hydrogen-bond donors (Lipinski definition) is 0. The number of benzene rings is 4. The van der Waals surface area contributed by atoms with E-state index in [9.17, 15) is 4.79 Å². The van der Waals surface area contributed by atoms with Gasteiger partial charge in [0.15, 0.2) is 28.8 Å². The maximum atomic E-state index is 13.7. The second-order valence-corrected chi connectivity index (χ2v) is 11.6. The molecule has 0 unspecified atom stereocenters. The van der Waals surface area contributed by atoms with Gasteiger partial charge in [-0.15, -0.1) is 0 Å². The Kier molecular flexibility index (Phi) is 7.57. The van der Waals surface area contributed by atoms with Crippen molar-refractivity contribution < 1.29 is 23.4 Å². The van der Waals surface area contributed by atoms with Crippen LogP contribution in [-0.2, 0) is 6.61 Å². The molecule has 44 heavy (non-hydrogen) atoms. The van der Waals surface area contributed by atoms with E-state index in [1.54, 1.807) is 24.4 Å². The van der Waals surface area contributed by atoms with Crippen LogP contribution in [-0.4, -0.2) is 29.3 Å². The summed E-state index contributed by atoms with van der Waals surface area (Å²) in [5, 5.41) is 5.90. The van der Waals surface area contributed by atoms with Crippen LogP contribution in [0.3, 0.4) is 0 Å². The minimum absolute atomic E-state index is 0.210. The molecule has 1 aliphatic heterocycles. The molecule has 0 amide bonds. The van der Waals surface area contributed by atoms with E-state index >= 15 is 0 Å². The lowest BCUT2D eigenvalue weighted by Crippen LogP contribution is -2.20. The lowest BCUT2D eigenvalue weighted by molar-refractivity contribution is 0.174. The summed E-state index contributed by atoms with van der Waals surface area (Å²) in [4.78, 5) is 18.4. The monoisotopic (exact) mass is 715 g/mol. The summed E-state index contributed by atoms with van der Waals surface area (Å²) in [7, 11) is 0. The van der Waals surface area contributed by atoms with Gasteiger partial charge in [0, 0.05) is 9.86 Å². The first-order valence-electron chi connectivity index (χ1n) is 13.7. The molecule has 9 nitrogen and oxygen atoms in total. The number of rotatable bonds is 8. The molecule has 0 saturated carbocycles. The number of nitrogens with zero attached hydrogens (tertiary/aromatic N) is 3. The van der Waals surface area contributed by atoms with Gasteiger partial charge in [-0.25, -0.2) is 4.98 Å². The Morgan fingerprint density at radius 2 is 1.84 bits per heavy atom. The normalized spacial score (nSPS) is 12.4. The predicted octanol–water partition coefficient (Wildman–Crippen LogP) is 7.92. The molecule has 3 heterocycles. The Morgan fingerprint density at radius 3 is 2.73 bits per heavy atom. The second kappa shape index (κ2) is 11.8. The fraction of sp³-hybridized carbons (Fsp3) is 0.121. The van der Waals surface area contributed by atoms with Crippen molar-refractivity contribution in [3.8, 4) is 34.6 Å². The molecular weight excluding hydrogens is 694 g/mol. The molecule has 0 fully saturated rings. The van der Waals surface area contributed by atoms with E-state index in [1.807, 2.05) is 67.6 Å². The van der Waals surface area contributed by atoms with Gasteiger partial charge in [0.25, 0.3) is 5.56 Å². The summed E-state index contributed by atoms with van der Waals surface area (Å²) in [5.74, 6) is 3.17. The fourth-order valence-corrected chi connectivity index (χ4v) is 5.84. The number of hydrogen-bond acceptors (Lipinski definition) is 8. The highest BCUT2D eigenvalue weighted by atomic mass is 79.9. The van der Waals surface area contributed by atoms with Crippen molar-refractivity contribution in [1.29, 1.82) is 0 Å². The molecule has 0 N–H and O–H groups in total. The molecule has 2 aromatic heterocycles. The maximum Gasteiger partial charge on any atom is 0.282 e. The summed E-state index contributed by atoms with van der Waals surface area (Å²) >= 11 is 7.13. The quantitative estimate of drug-likeness (QED) is 0.148. The topological polar surface area (TPSA) is 97.3 Å². The van der Waals surface area contributed by atoms with E-state index in [2.05, 4.69) is 37.0 Å². The lowest BCUT2D eigenvalue weighted by atomic mass is 10.2. The molecule has 6 aromatic rings. The third-order valence-corrected chi connectivity index (χ3v) is 8.01. The Morgan fingerprint density at radius 1 is 0.977 bits per heavy atom. The Labute approximate surface area is 267 Å². The van der Waals surface area contributed by atoms with Crippen LogP contribution >= 0.6 is 31.9 Å². The van der Waals surface area contributed by atoms with Crippen molar-refractivity contribution in [3.63, 3.8) is 0 Å². The summed E-state index contributed by atoms with van der Waals surface area (Å²) in [6.45, 7) is 2.82. The standard InChI is InChI=1S/C33H23Br2N3O6/c1-2-40-29-13-20(11-24(35)31(29)41-17-19-7-9-27-28(12-19)43-18-42-27)16-36-38-32(37-25-6-4-3-5-23(25)33(38)39)30-15-21-14-22(34)8-10-26(21)44-30/h3-16H,2,17-18H2,1H3. The van der Waals surface area contributed by atoms with Crippen molar-refractivity contribution >= 4 is 59.9 Å². The van der Waals surface area contributed by atoms with Gasteiger partial charge >= 0.3 is 0 Å². The zero-order valence-electron chi connectivity index (χ0n) is 23.3. The highest BCUT2D eigenvalue weighted by molar-refractivity contribution is 9.10. The van der Waals surface area contributed by atoms with Crippen LogP contribution in [0, 0.1) is 0 Å². The van der Waals surface area contributed by atoms with E-state index in [0.29, 0.717) is 68.5 Å². The molecule has 0 aliphatic carbocycles. The molecule has 0 atom stereocenters. The van der Waals surface area contributed by atoms with E-state index in [-0.39, 0.29) is 18.2 Å². The SMILES string of the molecule is CCOc1cc(C=Nn2c(-c3cc4cc(Br)ccc4o3)nc3ccccc3c2=O)cc(Br)c1OCc1ccc2c(c1)OCO2. The summed E-state index contributed by atoms with van der Waals surface area (Å²) in [6.07, 6.45) is 1.58. The van der Waals surface area contributed by atoms with Crippen molar-refractivity contribution in [2.75, 3.05) is 13.4 Å². The van der Waals surface area contributed by atoms with Crippen molar-refractivity contribution in [3.05, 3.63) is 109 Å². The first-order valence-corrected chi connectivity index (χ1v) is 15.3. The number of aromatic nitrogens is 2. The smallest absolute Gasteiger partial charge is 0.282 e. The van der Waals surface area contributed by atoms with Crippen LogP contribution in [0.25, 0.3) is 33.5 Å². The van der Waals surface area contributed by atoms with Gasteiger partial charge < -0.3 is 23.4 Å². The Bertz CT molecular complexity index is 2140. The van der Waals surface area contributed by atoms with E-state index in [1.165, 1.54) is 4.68 Å². The van der Waals surface area contributed by atoms with Gasteiger partial charge in [0.2, 0.25) is 12.6 Å². The van der Waals surface area contributed by atoms with E-state index in [4.69, 9.17) is 28.3 Å². The third kappa shape index (κ3) is 5.44. The fourth-order valence-electron chi connectivity index (χ4n) is 4.89. The Hall–Kier alpha value is -4.61. The summed E-state index contributed by atoms with van der Waals surface area (Å²) in [6, 6.07) is 24.0. The van der Waals surface area contributed by atoms with Crippen LogP contribution in [0.1, 0.15) is 18.1 Å². The average Bonchev–Trinajstić information content (AvgIpc) is 3.67. The molecule has 7 rings (SSSR count). The van der Waals surface area contributed by atoms with Gasteiger partial charge in [0.1, 0.15) is 12.2 Å². The van der Waals surface area contributed by atoms with Crippen molar-refractivity contribution in [2.24, 2.45) is 5.10 Å². The van der Waals surface area contributed by atoms with Gasteiger partial charge in [-0.1, -0.05) is 34.1 Å². The number of halogens is 2. The minimum Gasteiger partial charge on any atom is -0.490 e. The highest BCUT2D eigenvalue weighted by Crippen LogP contribution is 2.38. The van der Waals surface area contributed by atoms with Gasteiger partial charge in [-0.2, -0.15) is 9.78 Å². The second-order valence-electron chi connectivity index (χ2n) is 9.85. The molecule has 220 valence electrons. The van der Waals surface area contributed by atoms with Crippen LogP contribution in [0.15, 0.2) is 102 Å². The first-order chi connectivity index (χ1) is 21.5. The molecule has 1 aliphatic rings. The van der Waals surface area contributed by atoms with Gasteiger partial charge in [-0.3, -0.25) is 4.79 Å². The van der Waals surface area contributed by atoms with Crippen LogP contribution in [0.2, 0.25) is 0 Å². The zero-order valence-corrected chi connectivity index (χ0v) is 26.4. The predicted molar refractivity (Wildman–Crippen MR) is 174 cm³/mol. The molecular formula is C33H23Br2N3O6. The lowest BCUT2D eigenvalue weighted by Gasteiger charge is -2.15. The largest absolute Gasteiger partial charge is 0.490 e. The first kappa shape index (κ1) is 28.2. The number of ether oxygens (including phenoxy) is 4. The molecule has 0 spiro atoms. The van der Waals surface area contributed by atoms with Gasteiger partial charge in [-0.05, 0) is 94.6 Å². The number of fused-ring (bicyclic) bond motifs is 3. The third-order valence-electron chi connectivity index (χ3n) is 6.93.